The molecule has 92 valence electrons. The van der Waals surface area contributed by atoms with Gasteiger partial charge >= 0.3 is 0 Å². The largest absolute Gasteiger partial charge is 0.349 e. The molecule has 3 heterocycles. The lowest BCUT2D eigenvalue weighted by atomic mass is 10.3. The summed E-state index contributed by atoms with van der Waals surface area (Å²) in [6.07, 6.45) is 7.77. The Hall–Kier alpha value is -1.17. The number of hydrogen-bond donors (Lipinski definition) is 1. The number of rotatable bonds is 1. The number of allylic oxidation sites excluding steroid dienone is 1. The predicted molar refractivity (Wildman–Crippen MR) is 71.0 cm³/mol. The van der Waals surface area contributed by atoms with Crippen LogP contribution < -0.4 is 5.32 Å². The van der Waals surface area contributed by atoms with Gasteiger partial charge in [-0.3, -0.25) is 4.99 Å². The van der Waals surface area contributed by atoms with Crippen molar-refractivity contribution in [2.45, 2.75) is 0 Å². The Kier molecular flexibility index (Phi) is 3.33. The molecule has 0 aromatic rings. The molecular weight excluding hydrogens is 238 g/mol. The zero-order chi connectivity index (χ0) is 11.0. The third-order valence-corrected chi connectivity index (χ3v) is 3.24. The van der Waals surface area contributed by atoms with E-state index in [4.69, 9.17) is 0 Å². The van der Waals surface area contributed by atoms with Crippen LogP contribution in [0.2, 0.25) is 0 Å². The summed E-state index contributed by atoms with van der Waals surface area (Å²) in [6, 6.07) is 0. The summed E-state index contributed by atoms with van der Waals surface area (Å²) in [5.41, 5.74) is 1.17. The highest BCUT2D eigenvalue weighted by Gasteiger charge is 2.36. The van der Waals surface area contributed by atoms with Crippen molar-refractivity contribution in [3.05, 3.63) is 23.9 Å². The van der Waals surface area contributed by atoms with Gasteiger partial charge in [0.05, 0.1) is 19.5 Å². The van der Waals surface area contributed by atoms with E-state index in [0.717, 1.165) is 32.0 Å². The van der Waals surface area contributed by atoms with Crippen molar-refractivity contribution >= 4 is 25.0 Å². The van der Waals surface area contributed by atoms with E-state index in [-0.39, 0.29) is 12.4 Å². The van der Waals surface area contributed by atoms with Crippen LogP contribution in [-0.2, 0) is 0 Å². The number of halogens is 1. The standard InChI is InChI=1S/C11H16N5.ClH/c1-16-7-4-13-8-10(16)11(14-9-16)15-5-2-12-3-6-15;/h4,7-9,12H,2-3,5-6H2,1H3;1H/q+1;. The van der Waals surface area contributed by atoms with Crippen LogP contribution in [-0.4, -0.2) is 55.2 Å². The monoisotopic (exact) mass is 254 g/mol. The van der Waals surface area contributed by atoms with Crippen LogP contribution in [0.15, 0.2) is 33.9 Å². The van der Waals surface area contributed by atoms with Crippen molar-refractivity contribution in [2.24, 2.45) is 9.98 Å². The van der Waals surface area contributed by atoms with Gasteiger partial charge in [-0.2, -0.15) is 4.99 Å². The van der Waals surface area contributed by atoms with Crippen LogP contribution in [0.25, 0.3) is 0 Å². The van der Waals surface area contributed by atoms with Gasteiger partial charge in [-0.05, 0) is 0 Å². The fourth-order valence-corrected chi connectivity index (χ4v) is 2.23. The summed E-state index contributed by atoms with van der Waals surface area (Å²) in [5, 5.41) is 3.35. The molecular formula is C11H17ClN5+. The van der Waals surface area contributed by atoms with Crippen LogP contribution in [0.5, 0.6) is 0 Å². The van der Waals surface area contributed by atoms with Gasteiger partial charge in [0.25, 0.3) is 0 Å². The van der Waals surface area contributed by atoms with E-state index in [1.54, 1.807) is 0 Å². The highest BCUT2D eigenvalue weighted by atomic mass is 35.5. The second-order valence-electron chi connectivity index (χ2n) is 4.41. The summed E-state index contributed by atoms with van der Waals surface area (Å²) in [7, 11) is 2.12. The average Bonchev–Trinajstić information content (AvgIpc) is 2.67. The zero-order valence-corrected chi connectivity index (χ0v) is 10.7. The molecule has 0 aliphatic carbocycles. The Balaban J connectivity index is 0.00000108. The van der Waals surface area contributed by atoms with Gasteiger partial charge in [0.2, 0.25) is 12.0 Å². The molecule has 0 aromatic heterocycles. The molecule has 0 amide bonds. The van der Waals surface area contributed by atoms with Gasteiger partial charge in [-0.25, -0.2) is 4.48 Å². The maximum absolute atomic E-state index is 4.56. The molecule has 3 aliphatic rings. The van der Waals surface area contributed by atoms with Crippen LogP contribution in [0.3, 0.4) is 0 Å². The molecule has 0 bridgehead atoms. The number of piperazine rings is 1. The smallest absolute Gasteiger partial charge is 0.204 e. The SMILES string of the molecule is C[N+]12C=CN=CC1=C(N1CCNCC1)N=C2.Cl. The molecule has 1 N–H and O–H groups in total. The highest BCUT2D eigenvalue weighted by molar-refractivity contribution is 5.85. The minimum atomic E-state index is 0. The number of nitrogens with one attached hydrogen (secondary N) is 1. The Bertz CT molecular complexity index is 420. The van der Waals surface area contributed by atoms with Crippen LogP contribution >= 0.6 is 12.4 Å². The molecule has 0 aromatic carbocycles. The molecule has 0 radical (unpaired) electrons. The molecule has 3 rings (SSSR count). The molecule has 0 spiro atoms. The van der Waals surface area contributed by atoms with E-state index in [1.165, 1.54) is 5.70 Å². The first kappa shape index (κ1) is 12.3. The normalized spacial score (nSPS) is 30.5. The number of quaternary nitrogens is 1. The molecule has 5 nitrogen and oxygen atoms in total. The Morgan fingerprint density at radius 2 is 2.12 bits per heavy atom. The minimum Gasteiger partial charge on any atom is -0.349 e. The first-order valence-electron chi connectivity index (χ1n) is 5.62. The van der Waals surface area contributed by atoms with Crippen LogP contribution in [0.1, 0.15) is 0 Å². The van der Waals surface area contributed by atoms with Crippen LogP contribution in [0, 0.1) is 0 Å². The molecule has 1 atom stereocenters. The van der Waals surface area contributed by atoms with Crippen molar-refractivity contribution in [1.82, 2.24) is 10.2 Å². The lowest BCUT2D eigenvalue weighted by molar-refractivity contribution is -0.706. The second kappa shape index (κ2) is 4.60. The van der Waals surface area contributed by atoms with Gasteiger partial charge < -0.3 is 10.2 Å². The van der Waals surface area contributed by atoms with E-state index in [1.807, 2.05) is 25.0 Å². The maximum atomic E-state index is 4.56. The van der Waals surface area contributed by atoms with Gasteiger partial charge in [0.15, 0.2) is 5.82 Å². The Morgan fingerprint density at radius 1 is 1.35 bits per heavy atom. The first-order chi connectivity index (χ1) is 7.80. The van der Waals surface area contributed by atoms with Gasteiger partial charge in [-0.1, -0.05) is 0 Å². The average molecular weight is 255 g/mol. The minimum absolute atomic E-state index is 0. The summed E-state index contributed by atoms with van der Waals surface area (Å²) >= 11 is 0. The fourth-order valence-electron chi connectivity index (χ4n) is 2.23. The lowest BCUT2D eigenvalue weighted by Gasteiger charge is -2.29. The molecule has 1 saturated heterocycles. The summed E-state index contributed by atoms with van der Waals surface area (Å²) in [4.78, 5) is 11.1. The molecule has 3 aliphatic heterocycles. The van der Waals surface area contributed by atoms with Crippen molar-refractivity contribution in [3.8, 4) is 0 Å². The number of nitrogens with zero attached hydrogens (tertiary/aromatic N) is 4. The van der Waals surface area contributed by atoms with Gasteiger partial charge in [-0.15, -0.1) is 12.4 Å². The van der Waals surface area contributed by atoms with Crippen molar-refractivity contribution in [2.75, 3.05) is 33.2 Å². The molecule has 0 saturated carbocycles. The molecule has 17 heavy (non-hydrogen) atoms. The maximum Gasteiger partial charge on any atom is 0.204 e. The van der Waals surface area contributed by atoms with Gasteiger partial charge in [0, 0.05) is 26.2 Å². The predicted octanol–water partition coefficient (Wildman–Crippen LogP) is 0.527. The van der Waals surface area contributed by atoms with Crippen LogP contribution in [0.4, 0.5) is 0 Å². The van der Waals surface area contributed by atoms with E-state index in [2.05, 4.69) is 27.2 Å². The molecule has 6 heteroatoms. The topological polar surface area (TPSA) is 40.0 Å². The zero-order valence-electron chi connectivity index (χ0n) is 9.83. The number of aliphatic imine (C=N–C) groups is 2. The van der Waals surface area contributed by atoms with Crippen molar-refractivity contribution < 1.29 is 4.48 Å². The first-order valence-corrected chi connectivity index (χ1v) is 5.62. The van der Waals surface area contributed by atoms with Crippen molar-refractivity contribution in [3.63, 3.8) is 0 Å². The lowest BCUT2D eigenvalue weighted by Crippen LogP contribution is -2.43. The quantitative estimate of drug-likeness (QED) is 0.694. The fraction of sp³-hybridized carbons (Fsp3) is 0.455. The summed E-state index contributed by atoms with van der Waals surface area (Å²) in [5.74, 6) is 1.08. The van der Waals surface area contributed by atoms with E-state index < -0.39 is 0 Å². The molecule has 1 unspecified atom stereocenters. The number of fused-ring (bicyclic) bond motifs is 1. The summed E-state index contributed by atoms with van der Waals surface area (Å²) < 4.78 is 0.642. The Morgan fingerprint density at radius 3 is 2.88 bits per heavy atom. The molecule has 1 fully saturated rings. The van der Waals surface area contributed by atoms with Crippen molar-refractivity contribution in [1.29, 1.82) is 0 Å². The van der Waals surface area contributed by atoms with E-state index in [0.29, 0.717) is 4.48 Å². The summed E-state index contributed by atoms with van der Waals surface area (Å²) in [6.45, 7) is 4.10. The number of hydrogen-bond acceptors (Lipinski definition) is 4. The third kappa shape index (κ3) is 2.01. The van der Waals surface area contributed by atoms with E-state index >= 15 is 0 Å². The second-order valence-corrected chi connectivity index (χ2v) is 4.41. The van der Waals surface area contributed by atoms with Gasteiger partial charge in [0.1, 0.15) is 6.20 Å². The highest BCUT2D eigenvalue weighted by Crippen LogP contribution is 2.27. The van der Waals surface area contributed by atoms with E-state index in [9.17, 15) is 0 Å². The third-order valence-electron chi connectivity index (χ3n) is 3.24. The Labute approximate surface area is 107 Å².